The van der Waals surface area contributed by atoms with Crippen LogP contribution in [0.3, 0.4) is 0 Å². The zero-order chi connectivity index (χ0) is 34.6. The minimum absolute atomic E-state index is 0.00441. The van der Waals surface area contributed by atoms with E-state index in [9.17, 15) is 29.4 Å². The highest BCUT2D eigenvalue weighted by Gasteiger charge is 2.76. The predicted octanol–water partition coefficient (Wildman–Crippen LogP) is 4.92. The number of fused-ring (bicyclic) bond motifs is 3. The summed E-state index contributed by atoms with van der Waals surface area (Å²) in [6, 6.07) is 0. The second-order valence-corrected chi connectivity index (χ2v) is 13.2. The SMILES string of the molecule is C=C(O[C@H]1C(C)=C2[C@H]3OC(=O)[C@](C)(O)[C@]3(O)[C@H](OC(=O)CCC)C[C@@](C)(OC(C)=O)[C@@H]2[C@H]1OC(=O)CCCCCCC)/C(C)=C\C. The van der Waals surface area contributed by atoms with Crippen molar-refractivity contribution in [1.82, 2.24) is 0 Å². The van der Waals surface area contributed by atoms with Crippen LogP contribution in [0.15, 0.2) is 35.1 Å². The molecule has 3 aliphatic rings. The molecule has 0 radical (unpaired) electrons. The van der Waals surface area contributed by atoms with E-state index in [1.807, 2.05) is 19.9 Å². The molecule has 1 saturated carbocycles. The second kappa shape index (κ2) is 14.7. The summed E-state index contributed by atoms with van der Waals surface area (Å²) in [4.78, 5) is 52.1. The third-order valence-electron chi connectivity index (χ3n) is 9.67. The minimum Gasteiger partial charge on any atom is -0.483 e. The van der Waals surface area contributed by atoms with Gasteiger partial charge in [-0.25, -0.2) is 4.79 Å². The number of ether oxygens (including phenoxy) is 5. The smallest absolute Gasteiger partial charge is 0.341 e. The fourth-order valence-electron chi connectivity index (χ4n) is 6.98. The molecule has 0 bridgehead atoms. The summed E-state index contributed by atoms with van der Waals surface area (Å²) in [5.41, 5.74) is -5.21. The van der Waals surface area contributed by atoms with Crippen molar-refractivity contribution in [2.45, 2.75) is 154 Å². The van der Waals surface area contributed by atoms with Crippen molar-refractivity contribution in [1.29, 1.82) is 0 Å². The van der Waals surface area contributed by atoms with Gasteiger partial charge in [-0.2, -0.15) is 0 Å². The van der Waals surface area contributed by atoms with Crippen LogP contribution < -0.4 is 0 Å². The van der Waals surface area contributed by atoms with Gasteiger partial charge in [-0.3, -0.25) is 14.4 Å². The Morgan fingerprint density at radius 2 is 1.61 bits per heavy atom. The molecule has 1 heterocycles. The largest absolute Gasteiger partial charge is 0.483 e. The predicted molar refractivity (Wildman–Crippen MR) is 168 cm³/mol. The molecule has 2 N–H and O–H groups in total. The normalized spacial score (nSPS) is 33.8. The van der Waals surface area contributed by atoms with E-state index in [2.05, 4.69) is 13.5 Å². The molecule has 0 aromatic rings. The van der Waals surface area contributed by atoms with Crippen LogP contribution in [0.5, 0.6) is 0 Å². The average molecular weight is 649 g/mol. The molecule has 2 aliphatic carbocycles. The Morgan fingerprint density at radius 1 is 0.978 bits per heavy atom. The highest BCUT2D eigenvalue weighted by Crippen LogP contribution is 2.57. The molecule has 0 aromatic carbocycles. The van der Waals surface area contributed by atoms with Crippen LogP contribution in [-0.4, -0.2) is 75.3 Å². The van der Waals surface area contributed by atoms with Crippen LogP contribution in [0, 0.1) is 5.92 Å². The summed E-state index contributed by atoms with van der Waals surface area (Å²) in [6.45, 7) is 17.1. The maximum Gasteiger partial charge on any atom is 0.341 e. The van der Waals surface area contributed by atoms with Crippen LogP contribution in [0.2, 0.25) is 0 Å². The molecule has 1 saturated heterocycles. The standard InChI is InChI=1S/C35H52O11/c1-10-13-14-15-16-18-26(38)44-30-28-27(21(5)29(30)42-22(6)20(4)12-3)31-35(41,34(9,40)32(39)45-31)24(43-25(37)17-11-2)19-33(28,8)46-23(7)36/h12,24,28-31,40-41H,6,10-11,13-19H2,1-5,7-9H3/b20-12-/t24-,28+,29+,30-,31-,33-,34+,35+/m1/s1. The maximum atomic E-state index is 13.4. The minimum atomic E-state index is -2.52. The van der Waals surface area contributed by atoms with E-state index in [1.54, 1.807) is 20.8 Å². The summed E-state index contributed by atoms with van der Waals surface area (Å²) >= 11 is 0. The van der Waals surface area contributed by atoms with Crippen LogP contribution in [0.4, 0.5) is 0 Å². The number of allylic oxidation sites excluding steroid dienone is 2. The molecule has 2 fully saturated rings. The van der Waals surface area contributed by atoms with Gasteiger partial charge in [0.2, 0.25) is 0 Å². The first-order valence-corrected chi connectivity index (χ1v) is 16.4. The quantitative estimate of drug-likeness (QED) is 0.0659. The van der Waals surface area contributed by atoms with Crippen LogP contribution in [0.25, 0.3) is 0 Å². The van der Waals surface area contributed by atoms with Gasteiger partial charge in [-0.05, 0) is 64.2 Å². The summed E-state index contributed by atoms with van der Waals surface area (Å²) < 4.78 is 30.0. The van der Waals surface area contributed by atoms with Gasteiger partial charge >= 0.3 is 23.9 Å². The van der Waals surface area contributed by atoms with Crippen molar-refractivity contribution in [2.75, 3.05) is 0 Å². The first-order valence-electron chi connectivity index (χ1n) is 16.4. The van der Waals surface area contributed by atoms with E-state index in [-0.39, 0.29) is 24.8 Å². The zero-order valence-corrected chi connectivity index (χ0v) is 28.6. The molecule has 0 amide bonds. The van der Waals surface area contributed by atoms with E-state index >= 15 is 0 Å². The molecular weight excluding hydrogens is 596 g/mol. The number of carbonyl (C=O) groups excluding carboxylic acids is 4. The van der Waals surface area contributed by atoms with Crippen LogP contribution in [-0.2, 0) is 42.9 Å². The topological polar surface area (TPSA) is 155 Å². The third-order valence-corrected chi connectivity index (χ3v) is 9.67. The Bertz CT molecular complexity index is 1260. The molecule has 258 valence electrons. The molecular formula is C35H52O11. The Kier molecular flexibility index (Phi) is 11.9. The number of esters is 4. The first kappa shape index (κ1) is 37.3. The molecule has 1 aliphatic heterocycles. The Labute approximate surface area is 272 Å². The summed E-state index contributed by atoms with van der Waals surface area (Å²) in [5, 5.41) is 23.9. The van der Waals surface area contributed by atoms with Gasteiger partial charge in [0, 0.05) is 26.2 Å². The lowest BCUT2D eigenvalue weighted by atomic mass is 9.75. The lowest BCUT2D eigenvalue weighted by Crippen LogP contribution is -2.64. The Morgan fingerprint density at radius 3 is 2.20 bits per heavy atom. The van der Waals surface area contributed by atoms with Crippen molar-refractivity contribution in [2.24, 2.45) is 5.92 Å². The summed E-state index contributed by atoms with van der Waals surface area (Å²) in [6.07, 6.45) is 1.41. The highest BCUT2D eigenvalue weighted by molar-refractivity contribution is 5.85. The highest BCUT2D eigenvalue weighted by atomic mass is 16.6. The van der Waals surface area contributed by atoms with Crippen molar-refractivity contribution in [3.05, 3.63) is 35.1 Å². The Hall–Kier alpha value is -3.18. The fourth-order valence-corrected chi connectivity index (χ4v) is 6.98. The number of hydrogen-bond acceptors (Lipinski definition) is 11. The molecule has 3 rings (SSSR count). The first-order chi connectivity index (χ1) is 21.5. The zero-order valence-electron chi connectivity index (χ0n) is 28.6. The van der Waals surface area contributed by atoms with Crippen LogP contribution in [0.1, 0.15) is 113 Å². The van der Waals surface area contributed by atoms with Gasteiger partial charge in [-0.1, -0.05) is 52.2 Å². The fraction of sp³-hybridized carbons (Fsp3) is 0.714. The molecule has 46 heavy (non-hydrogen) atoms. The molecule has 11 heteroatoms. The summed E-state index contributed by atoms with van der Waals surface area (Å²) in [7, 11) is 0. The summed E-state index contributed by atoms with van der Waals surface area (Å²) in [5.74, 6) is -3.70. The van der Waals surface area contributed by atoms with Gasteiger partial charge in [0.1, 0.15) is 17.5 Å². The average Bonchev–Trinajstić information content (AvgIpc) is 3.30. The molecule has 0 aromatic heterocycles. The number of carbonyl (C=O) groups is 4. The lowest BCUT2D eigenvalue weighted by molar-refractivity contribution is -0.211. The number of rotatable bonds is 14. The number of hydrogen-bond donors (Lipinski definition) is 2. The Balaban J connectivity index is 2.23. The van der Waals surface area contributed by atoms with E-state index < -0.39 is 71.0 Å². The van der Waals surface area contributed by atoms with Crippen LogP contribution >= 0.6 is 0 Å². The maximum absolute atomic E-state index is 13.4. The van der Waals surface area contributed by atoms with Gasteiger partial charge in [0.15, 0.2) is 29.5 Å². The molecule has 0 spiro atoms. The van der Waals surface area contributed by atoms with Gasteiger partial charge in [0.05, 0.1) is 5.92 Å². The van der Waals surface area contributed by atoms with E-state index in [0.717, 1.165) is 38.2 Å². The van der Waals surface area contributed by atoms with Gasteiger partial charge < -0.3 is 33.9 Å². The van der Waals surface area contributed by atoms with E-state index in [0.29, 0.717) is 24.2 Å². The van der Waals surface area contributed by atoms with Crippen molar-refractivity contribution >= 4 is 23.9 Å². The van der Waals surface area contributed by atoms with Crippen molar-refractivity contribution in [3.63, 3.8) is 0 Å². The lowest BCUT2D eigenvalue weighted by Gasteiger charge is -2.42. The molecule has 8 atom stereocenters. The monoisotopic (exact) mass is 648 g/mol. The second-order valence-electron chi connectivity index (χ2n) is 13.2. The van der Waals surface area contributed by atoms with E-state index in [1.165, 1.54) is 6.92 Å². The van der Waals surface area contributed by atoms with Crippen molar-refractivity contribution in [3.8, 4) is 0 Å². The molecule has 11 nitrogen and oxygen atoms in total. The number of aliphatic hydroxyl groups is 2. The van der Waals surface area contributed by atoms with E-state index in [4.69, 9.17) is 23.7 Å². The van der Waals surface area contributed by atoms with Crippen molar-refractivity contribution < 1.29 is 53.1 Å². The van der Waals surface area contributed by atoms with Gasteiger partial charge in [0.25, 0.3) is 0 Å². The molecule has 0 unspecified atom stereocenters. The van der Waals surface area contributed by atoms with Gasteiger partial charge in [-0.15, -0.1) is 0 Å². The third kappa shape index (κ3) is 7.05. The number of unbranched alkanes of at least 4 members (excludes halogenated alkanes) is 4.